The number of halogens is 3. The monoisotopic (exact) mass is 249 g/mol. The van der Waals surface area contributed by atoms with Gasteiger partial charge < -0.3 is 10.5 Å². The molecule has 0 heterocycles. The Kier molecular flexibility index (Phi) is 4.50. The van der Waals surface area contributed by atoms with Crippen LogP contribution >= 0.6 is 12.4 Å². The van der Waals surface area contributed by atoms with E-state index in [0.717, 1.165) is 25.3 Å². The highest BCUT2D eigenvalue weighted by Gasteiger charge is 2.25. The molecule has 0 bridgehead atoms. The van der Waals surface area contributed by atoms with Crippen LogP contribution in [0.1, 0.15) is 19.3 Å². The summed E-state index contributed by atoms with van der Waals surface area (Å²) in [6.07, 6.45) is 2.64. The second-order valence-corrected chi connectivity index (χ2v) is 3.86. The first-order valence-corrected chi connectivity index (χ1v) is 5.03. The summed E-state index contributed by atoms with van der Waals surface area (Å²) in [4.78, 5) is 0. The molecule has 2 rings (SSSR count). The molecule has 2 atom stereocenters. The zero-order chi connectivity index (χ0) is 10.8. The van der Waals surface area contributed by atoms with Crippen molar-refractivity contribution in [2.45, 2.75) is 31.4 Å². The van der Waals surface area contributed by atoms with Crippen LogP contribution in [0, 0.1) is 11.6 Å². The SMILES string of the molecule is Cl.N[C@H]1CCC[C@H]1Oc1cc(F)cc(F)c1. The molecule has 0 unspecified atom stereocenters. The highest BCUT2D eigenvalue weighted by molar-refractivity contribution is 5.85. The van der Waals surface area contributed by atoms with Crippen molar-refractivity contribution in [1.82, 2.24) is 0 Å². The van der Waals surface area contributed by atoms with Gasteiger partial charge in [0, 0.05) is 24.2 Å². The fourth-order valence-corrected chi connectivity index (χ4v) is 1.87. The van der Waals surface area contributed by atoms with Crippen molar-refractivity contribution in [2.24, 2.45) is 5.73 Å². The lowest BCUT2D eigenvalue weighted by Crippen LogP contribution is -2.33. The van der Waals surface area contributed by atoms with Crippen LogP contribution in [0.4, 0.5) is 8.78 Å². The quantitative estimate of drug-likeness (QED) is 0.875. The van der Waals surface area contributed by atoms with E-state index < -0.39 is 11.6 Å². The second kappa shape index (κ2) is 5.46. The molecule has 5 heteroatoms. The third-order valence-electron chi connectivity index (χ3n) is 2.63. The first-order valence-electron chi connectivity index (χ1n) is 5.03. The van der Waals surface area contributed by atoms with Crippen LogP contribution in [0.2, 0.25) is 0 Å². The number of rotatable bonds is 2. The first-order chi connectivity index (χ1) is 7.15. The Bertz CT molecular complexity index is 342. The van der Waals surface area contributed by atoms with Crippen molar-refractivity contribution in [3.63, 3.8) is 0 Å². The third kappa shape index (κ3) is 3.06. The Morgan fingerprint density at radius 3 is 2.25 bits per heavy atom. The molecule has 1 aromatic rings. The van der Waals surface area contributed by atoms with Crippen molar-refractivity contribution >= 4 is 12.4 Å². The number of nitrogens with two attached hydrogens (primary N) is 1. The number of benzene rings is 1. The molecule has 1 aromatic carbocycles. The molecule has 0 spiro atoms. The summed E-state index contributed by atoms with van der Waals surface area (Å²) in [6.45, 7) is 0. The fourth-order valence-electron chi connectivity index (χ4n) is 1.87. The Morgan fingerprint density at radius 2 is 1.75 bits per heavy atom. The minimum absolute atomic E-state index is 0. The predicted octanol–water partition coefficient (Wildman–Crippen LogP) is 2.65. The van der Waals surface area contributed by atoms with Crippen LogP contribution < -0.4 is 10.5 Å². The van der Waals surface area contributed by atoms with Gasteiger partial charge in [-0.3, -0.25) is 0 Å². The summed E-state index contributed by atoms with van der Waals surface area (Å²) in [6, 6.07) is 3.14. The Hall–Kier alpha value is -0.870. The summed E-state index contributed by atoms with van der Waals surface area (Å²) in [5.74, 6) is -1.04. The van der Waals surface area contributed by atoms with Crippen LogP contribution in [0.25, 0.3) is 0 Å². The largest absolute Gasteiger partial charge is 0.489 e. The van der Waals surface area contributed by atoms with E-state index in [4.69, 9.17) is 10.5 Å². The molecule has 2 N–H and O–H groups in total. The maximum atomic E-state index is 12.8. The van der Waals surface area contributed by atoms with Crippen LogP contribution in [0.5, 0.6) is 5.75 Å². The number of hydrogen-bond donors (Lipinski definition) is 1. The third-order valence-corrected chi connectivity index (χ3v) is 2.63. The van der Waals surface area contributed by atoms with Gasteiger partial charge in [0.25, 0.3) is 0 Å². The van der Waals surface area contributed by atoms with E-state index in [1.54, 1.807) is 0 Å². The van der Waals surface area contributed by atoms with Gasteiger partial charge >= 0.3 is 0 Å². The van der Waals surface area contributed by atoms with Gasteiger partial charge in [0.15, 0.2) is 0 Å². The van der Waals surface area contributed by atoms with Crippen LogP contribution in [-0.4, -0.2) is 12.1 Å². The summed E-state index contributed by atoms with van der Waals surface area (Å²) >= 11 is 0. The van der Waals surface area contributed by atoms with E-state index in [1.807, 2.05) is 0 Å². The molecule has 1 aliphatic rings. The molecule has 2 nitrogen and oxygen atoms in total. The van der Waals surface area contributed by atoms with Gasteiger partial charge in [0.2, 0.25) is 0 Å². The van der Waals surface area contributed by atoms with Gasteiger partial charge in [-0.15, -0.1) is 12.4 Å². The molecule has 1 saturated carbocycles. The van der Waals surface area contributed by atoms with E-state index >= 15 is 0 Å². The van der Waals surface area contributed by atoms with Crippen molar-refractivity contribution in [3.8, 4) is 5.75 Å². The van der Waals surface area contributed by atoms with Gasteiger partial charge in [0.1, 0.15) is 23.5 Å². The van der Waals surface area contributed by atoms with E-state index in [9.17, 15) is 8.78 Å². The van der Waals surface area contributed by atoms with E-state index in [-0.39, 0.29) is 30.3 Å². The Labute approximate surface area is 99.2 Å². The van der Waals surface area contributed by atoms with E-state index in [0.29, 0.717) is 0 Å². The minimum atomic E-state index is -0.628. The highest BCUT2D eigenvalue weighted by atomic mass is 35.5. The smallest absolute Gasteiger partial charge is 0.129 e. The standard InChI is InChI=1S/C11H13F2NO.ClH/c12-7-4-8(13)6-9(5-7)15-11-3-1-2-10(11)14;/h4-6,10-11H,1-3,14H2;1H/t10-,11+;/m0./s1. The van der Waals surface area contributed by atoms with Crippen molar-refractivity contribution < 1.29 is 13.5 Å². The van der Waals surface area contributed by atoms with Crippen LogP contribution in [0.15, 0.2) is 18.2 Å². The molecular weight excluding hydrogens is 236 g/mol. The topological polar surface area (TPSA) is 35.2 Å². The fraction of sp³-hybridized carbons (Fsp3) is 0.455. The maximum absolute atomic E-state index is 12.8. The molecule has 0 amide bonds. The molecule has 16 heavy (non-hydrogen) atoms. The van der Waals surface area contributed by atoms with Crippen LogP contribution in [0.3, 0.4) is 0 Å². The molecule has 0 saturated heterocycles. The summed E-state index contributed by atoms with van der Waals surface area (Å²) < 4.78 is 31.1. The Morgan fingerprint density at radius 1 is 1.12 bits per heavy atom. The van der Waals surface area contributed by atoms with Gasteiger partial charge in [0.05, 0.1) is 0 Å². The van der Waals surface area contributed by atoms with Crippen LogP contribution in [-0.2, 0) is 0 Å². The molecule has 0 radical (unpaired) electrons. The predicted molar refractivity (Wildman–Crippen MR) is 59.8 cm³/mol. The van der Waals surface area contributed by atoms with Gasteiger partial charge in [-0.05, 0) is 19.3 Å². The van der Waals surface area contributed by atoms with Gasteiger partial charge in [-0.1, -0.05) is 0 Å². The summed E-state index contributed by atoms with van der Waals surface area (Å²) in [5.41, 5.74) is 5.79. The molecule has 0 aliphatic heterocycles. The lowest BCUT2D eigenvalue weighted by molar-refractivity contribution is 0.190. The Balaban J connectivity index is 0.00000128. The second-order valence-electron chi connectivity index (χ2n) is 3.86. The normalized spacial score (nSPS) is 23.9. The molecule has 1 aliphatic carbocycles. The maximum Gasteiger partial charge on any atom is 0.129 e. The average molecular weight is 250 g/mol. The molecule has 1 fully saturated rings. The van der Waals surface area contributed by atoms with E-state index in [1.165, 1.54) is 12.1 Å². The lowest BCUT2D eigenvalue weighted by Gasteiger charge is -2.17. The first kappa shape index (κ1) is 13.2. The van der Waals surface area contributed by atoms with Crippen molar-refractivity contribution in [2.75, 3.05) is 0 Å². The zero-order valence-corrected chi connectivity index (χ0v) is 9.47. The summed E-state index contributed by atoms with van der Waals surface area (Å²) in [7, 11) is 0. The average Bonchev–Trinajstić information content (AvgIpc) is 2.50. The van der Waals surface area contributed by atoms with Crippen molar-refractivity contribution in [1.29, 1.82) is 0 Å². The van der Waals surface area contributed by atoms with E-state index in [2.05, 4.69) is 0 Å². The summed E-state index contributed by atoms with van der Waals surface area (Å²) in [5, 5.41) is 0. The molecule has 0 aromatic heterocycles. The molecular formula is C11H14ClF2NO. The van der Waals surface area contributed by atoms with Gasteiger partial charge in [-0.2, -0.15) is 0 Å². The minimum Gasteiger partial charge on any atom is -0.489 e. The van der Waals surface area contributed by atoms with Gasteiger partial charge in [-0.25, -0.2) is 8.78 Å². The van der Waals surface area contributed by atoms with Crippen molar-refractivity contribution in [3.05, 3.63) is 29.8 Å². The number of hydrogen-bond acceptors (Lipinski definition) is 2. The molecule has 90 valence electrons. The highest BCUT2D eigenvalue weighted by Crippen LogP contribution is 2.24. The zero-order valence-electron chi connectivity index (χ0n) is 8.66. The number of ether oxygens (including phenoxy) is 1. The lowest BCUT2D eigenvalue weighted by atomic mass is 10.2.